The number of benzene rings is 1. The Kier molecular flexibility index (Phi) is 6.82. The first kappa shape index (κ1) is 22.1. The monoisotopic (exact) mass is 429 g/mol. The van der Waals surface area contributed by atoms with Gasteiger partial charge in [0.2, 0.25) is 11.8 Å². The van der Waals surface area contributed by atoms with Crippen LogP contribution in [-0.4, -0.2) is 78.2 Å². The van der Waals surface area contributed by atoms with Crippen LogP contribution in [0.25, 0.3) is 0 Å². The standard InChI is InChI=1S/C24H35N3O4/c1-17(2)31-22-10-6-5-9-21(22)26-13-11-25(12-14-26)15-18(28)16-27-23(29)19-7-3-4-8-20(19)24(27)30/h5-6,9-10,17-20,28H,3-4,7-8,11-16H2,1-2H3. The molecule has 7 heteroatoms. The summed E-state index contributed by atoms with van der Waals surface area (Å²) in [7, 11) is 0. The van der Waals surface area contributed by atoms with Gasteiger partial charge in [0.1, 0.15) is 5.75 Å². The van der Waals surface area contributed by atoms with Gasteiger partial charge in [-0.1, -0.05) is 25.0 Å². The van der Waals surface area contributed by atoms with Crippen LogP contribution in [0.2, 0.25) is 0 Å². The molecule has 3 atom stereocenters. The topological polar surface area (TPSA) is 73.3 Å². The van der Waals surface area contributed by atoms with E-state index in [9.17, 15) is 14.7 Å². The van der Waals surface area contributed by atoms with Gasteiger partial charge in [0.15, 0.2) is 0 Å². The minimum absolute atomic E-state index is 0.0691. The van der Waals surface area contributed by atoms with Gasteiger partial charge >= 0.3 is 0 Å². The SMILES string of the molecule is CC(C)Oc1ccccc1N1CCN(CC(O)CN2C(=O)C3CCCCC3C2=O)CC1. The normalized spacial score (nSPS) is 25.8. The van der Waals surface area contributed by atoms with Crippen LogP contribution in [0.4, 0.5) is 5.69 Å². The van der Waals surface area contributed by atoms with Gasteiger partial charge < -0.3 is 14.7 Å². The zero-order chi connectivity index (χ0) is 22.0. The number of imide groups is 1. The number of likely N-dealkylation sites (tertiary alicyclic amines) is 1. The molecule has 1 aliphatic carbocycles. The van der Waals surface area contributed by atoms with E-state index in [-0.39, 0.29) is 36.3 Å². The lowest BCUT2D eigenvalue weighted by atomic mass is 9.81. The Bertz CT molecular complexity index is 767. The predicted octanol–water partition coefficient (Wildman–Crippen LogP) is 2.13. The number of amides is 2. The first-order chi connectivity index (χ1) is 14.9. The lowest BCUT2D eigenvalue weighted by molar-refractivity contribution is -0.141. The maximum atomic E-state index is 12.6. The van der Waals surface area contributed by atoms with Crippen LogP contribution in [0.5, 0.6) is 5.75 Å². The summed E-state index contributed by atoms with van der Waals surface area (Å²) in [4.78, 5) is 31.2. The third kappa shape index (κ3) is 4.88. The van der Waals surface area contributed by atoms with Crippen molar-refractivity contribution in [1.82, 2.24) is 9.80 Å². The van der Waals surface area contributed by atoms with E-state index in [0.717, 1.165) is 63.3 Å². The van der Waals surface area contributed by atoms with Crippen molar-refractivity contribution in [2.24, 2.45) is 11.8 Å². The maximum absolute atomic E-state index is 12.6. The Labute approximate surface area is 184 Å². The molecule has 2 aliphatic heterocycles. The lowest BCUT2D eigenvalue weighted by Gasteiger charge is -2.37. The van der Waals surface area contributed by atoms with Crippen molar-refractivity contribution in [3.63, 3.8) is 0 Å². The van der Waals surface area contributed by atoms with E-state index in [1.807, 2.05) is 32.0 Å². The van der Waals surface area contributed by atoms with E-state index in [1.54, 1.807) is 0 Å². The molecular weight excluding hydrogens is 394 g/mol. The molecule has 0 bridgehead atoms. The highest BCUT2D eigenvalue weighted by atomic mass is 16.5. The van der Waals surface area contributed by atoms with Crippen LogP contribution in [0, 0.1) is 11.8 Å². The second-order valence-corrected chi connectivity index (χ2v) is 9.36. The van der Waals surface area contributed by atoms with Crippen LogP contribution in [0.1, 0.15) is 39.5 Å². The number of rotatable bonds is 7. The zero-order valence-corrected chi connectivity index (χ0v) is 18.7. The number of carbonyl (C=O) groups excluding carboxylic acids is 2. The summed E-state index contributed by atoms with van der Waals surface area (Å²) in [6.07, 6.45) is 3.07. The number of ether oxygens (including phenoxy) is 1. The summed E-state index contributed by atoms with van der Waals surface area (Å²) >= 11 is 0. The second-order valence-electron chi connectivity index (χ2n) is 9.36. The molecule has 1 N–H and O–H groups in total. The molecule has 2 saturated heterocycles. The first-order valence-electron chi connectivity index (χ1n) is 11.7. The molecular formula is C24H35N3O4. The van der Waals surface area contributed by atoms with Gasteiger partial charge in [0.05, 0.1) is 36.3 Å². The Hall–Kier alpha value is -2.12. The van der Waals surface area contributed by atoms with Crippen molar-refractivity contribution in [3.05, 3.63) is 24.3 Å². The van der Waals surface area contributed by atoms with Crippen LogP contribution < -0.4 is 9.64 Å². The molecule has 3 unspecified atom stereocenters. The molecule has 170 valence electrons. The summed E-state index contributed by atoms with van der Waals surface area (Å²) in [5.41, 5.74) is 1.10. The molecule has 2 amide bonds. The second kappa shape index (κ2) is 9.57. The number of carbonyl (C=O) groups is 2. The number of fused-ring (bicyclic) bond motifs is 1. The van der Waals surface area contributed by atoms with Gasteiger partial charge in [-0.25, -0.2) is 0 Å². The molecule has 2 heterocycles. The molecule has 0 radical (unpaired) electrons. The quantitative estimate of drug-likeness (QED) is 0.670. The van der Waals surface area contributed by atoms with Gasteiger partial charge in [-0.05, 0) is 38.8 Å². The van der Waals surface area contributed by atoms with Crippen molar-refractivity contribution in [3.8, 4) is 5.75 Å². The van der Waals surface area contributed by atoms with Gasteiger partial charge in [-0.3, -0.25) is 19.4 Å². The third-order valence-corrected chi connectivity index (χ3v) is 6.74. The largest absolute Gasteiger partial charge is 0.489 e. The molecule has 1 aromatic carbocycles. The van der Waals surface area contributed by atoms with E-state index in [2.05, 4.69) is 15.9 Å². The average Bonchev–Trinajstić information content (AvgIpc) is 2.99. The molecule has 1 saturated carbocycles. The fraction of sp³-hybridized carbons (Fsp3) is 0.667. The van der Waals surface area contributed by atoms with Crippen molar-refractivity contribution in [2.75, 3.05) is 44.2 Å². The Morgan fingerprint density at radius 1 is 0.968 bits per heavy atom. The molecule has 0 aromatic heterocycles. The smallest absolute Gasteiger partial charge is 0.233 e. The Balaban J connectivity index is 1.29. The van der Waals surface area contributed by atoms with Crippen molar-refractivity contribution in [1.29, 1.82) is 0 Å². The fourth-order valence-corrected chi connectivity index (χ4v) is 5.22. The van der Waals surface area contributed by atoms with Crippen molar-refractivity contribution in [2.45, 2.75) is 51.7 Å². The van der Waals surface area contributed by atoms with Crippen molar-refractivity contribution >= 4 is 17.5 Å². The fourth-order valence-electron chi connectivity index (χ4n) is 5.22. The highest BCUT2D eigenvalue weighted by Gasteiger charge is 2.48. The highest BCUT2D eigenvalue weighted by molar-refractivity contribution is 6.05. The Morgan fingerprint density at radius 3 is 2.19 bits per heavy atom. The molecule has 3 fully saturated rings. The molecule has 1 aromatic rings. The highest BCUT2D eigenvalue weighted by Crippen LogP contribution is 2.38. The van der Waals surface area contributed by atoms with E-state index in [4.69, 9.17) is 4.74 Å². The number of piperazine rings is 1. The molecule has 7 nitrogen and oxygen atoms in total. The lowest BCUT2D eigenvalue weighted by Crippen LogP contribution is -2.50. The van der Waals surface area contributed by atoms with Crippen molar-refractivity contribution < 1.29 is 19.4 Å². The number of aliphatic hydroxyl groups is 1. The van der Waals surface area contributed by atoms with Crippen LogP contribution >= 0.6 is 0 Å². The number of hydrogen-bond donors (Lipinski definition) is 1. The van der Waals surface area contributed by atoms with Crippen LogP contribution in [0.3, 0.4) is 0 Å². The average molecular weight is 430 g/mol. The third-order valence-electron chi connectivity index (χ3n) is 6.74. The minimum atomic E-state index is -0.712. The van der Waals surface area contributed by atoms with Gasteiger partial charge in [-0.15, -0.1) is 0 Å². The van der Waals surface area contributed by atoms with Crippen LogP contribution in [0.15, 0.2) is 24.3 Å². The summed E-state index contributed by atoms with van der Waals surface area (Å²) < 4.78 is 5.96. The minimum Gasteiger partial charge on any atom is -0.489 e. The predicted molar refractivity (Wildman–Crippen MR) is 119 cm³/mol. The number of anilines is 1. The van der Waals surface area contributed by atoms with Crippen LogP contribution in [-0.2, 0) is 9.59 Å². The summed E-state index contributed by atoms with van der Waals surface area (Å²) in [5.74, 6) is 0.467. The van der Waals surface area contributed by atoms with Gasteiger partial charge in [0.25, 0.3) is 0 Å². The molecule has 3 aliphatic rings. The first-order valence-corrected chi connectivity index (χ1v) is 11.7. The van der Waals surface area contributed by atoms with E-state index >= 15 is 0 Å². The zero-order valence-electron chi connectivity index (χ0n) is 18.7. The van der Waals surface area contributed by atoms with E-state index < -0.39 is 6.10 Å². The van der Waals surface area contributed by atoms with E-state index in [1.165, 1.54) is 4.90 Å². The Morgan fingerprint density at radius 2 is 1.58 bits per heavy atom. The molecule has 4 rings (SSSR count). The number of nitrogens with zero attached hydrogens (tertiary/aromatic N) is 3. The van der Waals surface area contributed by atoms with Gasteiger partial charge in [-0.2, -0.15) is 0 Å². The maximum Gasteiger partial charge on any atom is 0.233 e. The number of hydrogen-bond acceptors (Lipinski definition) is 6. The summed E-state index contributed by atoms with van der Waals surface area (Å²) in [5, 5.41) is 10.6. The summed E-state index contributed by atoms with van der Waals surface area (Å²) in [6, 6.07) is 8.12. The molecule has 0 spiro atoms. The number of para-hydroxylation sites is 2. The summed E-state index contributed by atoms with van der Waals surface area (Å²) in [6.45, 7) is 7.98. The van der Waals surface area contributed by atoms with E-state index in [0.29, 0.717) is 6.54 Å². The number of aliphatic hydroxyl groups excluding tert-OH is 1. The number of β-amino-alcohol motifs (C(OH)–C–C–N with tert-alkyl or cyclic N) is 1. The van der Waals surface area contributed by atoms with Gasteiger partial charge in [0, 0.05) is 32.7 Å². The molecule has 31 heavy (non-hydrogen) atoms.